The molecule has 6 nitrogen and oxygen atoms in total. The number of hydrogen-bond acceptors (Lipinski definition) is 4. The lowest BCUT2D eigenvalue weighted by atomic mass is 10.2. The van der Waals surface area contributed by atoms with Crippen LogP contribution in [0.25, 0.3) is 0 Å². The van der Waals surface area contributed by atoms with E-state index in [-0.39, 0.29) is 23.8 Å². The van der Waals surface area contributed by atoms with Crippen LogP contribution < -0.4 is 15.8 Å². The van der Waals surface area contributed by atoms with Crippen molar-refractivity contribution in [2.75, 3.05) is 18.9 Å². The van der Waals surface area contributed by atoms with E-state index in [4.69, 9.17) is 15.6 Å². The summed E-state index contributed by atoms with van der Waals surface area (Å²) in [6, 6.07) is 4.19. The van der Waals surface area contributed by atoms with Crippen LogP contribution >= 0.6 is 0 Å². The van der Waals surface area contributed by atoms with Crippen molar-refractivity contribution in [3.63, 3.8) is 0 Å². The van der Waals surface area contributed by atoms with Gasteiger partial charge in [-0.3, -0.25) is 4.79 Å². The zero-order chi connectivity index (χ0) is 13.5. The molecule has 0 radical (unpaired) electrons. The summed E-state index contributed by atoms with van der Waals surface area (Å²) in [6.45, 7) is 2.43. The molecule has 0 heterocycles. The second kappa shape index (κ2) is 6.48. The van der Waals surface area contributed by atoms with Gasteiger partial charge in [-0.15, -0.1) is 0 Å². The van der Waals surface area contributed by atoms with Crippen LogP contribution in [0.2, 0.25) is 0 Å². The summed E-state index contributed by atoms with van der Waals surface area (Å²) in [4.78, 5) is 22.0. The highest BCUT2D eigenvalue weighted by Gasteiger charge is 2.09. The Hall–Kier alpha value is -2.24. The van der Waals surface area contributed by atoms with E-state index in [1.165, 1.54) is 18.2 Å². The SMILES string of the molecule is CCCNC(=O)COc1ccc(C(=O)O)c(N)c1. The molecule has 0 bridgehead atoms. The van der Waals surface area contributed by atoms with E-state index >= 15 is 0 Å². The van der Waals surface area contributed by atoms with Crippen LogP contribution in [-0.2, 0) is 4.79 Å². The van der Waals surface area contributed by atoms with Gasteiger partial charge in [0.1, 0.15) is 5.75 Å². The topological polar surface area (TPSA) is 102 Å². The number of aromatic carboxylic acids is 1. The minimum atomic E-state index is -1.10. The van der Waals surface area contributed by atoms with E-state index in [1.54, 1.807) is 0 Å². The minimum Gasteiger partial charge on any atom is -0.484 e. The Morgan fingerprint density at radius 1 is 1.44 bits per heavy atom. The Balaban J connectivity index is 2.56. The lowest BCUT2D eigenvalue weighted by Gasteiger charge is -2.08. The fraction of sp³-hybridized carbons (Fsp3) is 0.333. The maximum Gasteiger partial charge on any atom is 0.337 e. The zero-order valence-corrected chi connectivity index (χ0v) is 10.1. The summed E-state index contributed by atoms with van der Waals surface area (Å²) in [5, 5.41) is 11.4. The van der Waals surface area contributed by atoms with Crippen LogP contribution in [-0.4, -0.2) is 30.1 Å². The van der Waals surface area contributed by atoms with Crippen LogP contribution in [0.4, 0.5) is 5.69 Å². The summed E-state index contributed by atoms with van der Waals surface area (Å²) < 4.78 is 5.20. The summed E-state index contributed by atoms with van der Waals surface area (Å²) >= 11 is 0. The predicted molar refractivity (Wildman–Crippen MR) is 66.6 cm³/mol. The Morgan fingerprint density at radius 3 is 2.72 bits per heavy atom. The number of carbonyl (C=O) groups is 2. The first-order valence-corrected chi connectivity index (χ1v) is 5.57. The third-order valence-electron chi connectivity index (χ3n) is 2.20. The molecule has 0 saturated carbocycles. The molecule has 1 amide bonds. The van der Waals surface area contributed by atoms with Crippen molar-refractivity contribution in [1.82, 2.24) is 5.32 Å². The highest BCUT2D eigenvalue weighted by molar-refractivity contribution is 5.93. The molecular weight excluding hydrogens is 236 g/mol. The lowest BCUT2D eigenvalue weighted by molar-refractivity contribution is -0.123. The van der Waals surface area contributed by atoms with Crippen molar-refractivity contribution >= 4 is 17.6 Å². The summed E-state index contributed by atoms with van der Waals surface area (Å²) in [5.41, 5.74) is 5.66. The van der Waals surface area contributed by atoms with Crippen molar-refractivity contribution in [3.05, 3.63) is 23.8 Å². The number of rotatable bonds is 6. The van der Waals surface area contributed by atoms with E-state index in [2.05, 4.69) is 5.32 Å². The molecule has 98 valence electrons. The van der Waals surface area contributed by atoms with Gasteiger partial charge in [0.15, 0.2) is 6.61 Å². The van der Waals surface area contributed by atoms with E-state index in [9.17, 15) is 9.59 Å². The second-order valence-corrected chi connectivity index (χ2v) is 3.69. The first-order chi connectivity index (χ1) is 8.54. The molecule has 6 heteroatoms. The number of carboxylic acid groups (broad SMARTS) is 1. The number of nitrogen functional groups attached to an aromatic ring is 1. The van der Waals surface area contributed by atoms with Gasteiger partial charge < -0.3 is 20.9 Å². The average molecular weight is 252 g/mol. The molecule has 0 unspecified atom stereocenters. The number of ether oxygens (including phenoxy) is 1. The Kier molecular flexibility index (Phi) is 4.98. The van der Waals surface area contributed by atoms with Crippen LogP contribution in [0.5, 0.6) is 5.75 Å². The quantitative estimate of drug-likeness (QED) is 0.652. The van der Waals surface area contributed by atoms with Gasteiger partial charge >= 0.3 is 5.97 Å². The van der Waals surface area contributed by atoms with E-state index in [0.717, 1.165) is 6.42 Å². The van der Waals surface area contributed by atoms with Gasteiger partial charge in [0.25, 0.3) is 5.91 Å². The molecule has 1 aromatic carbocycles. The predicted octanol–water partition coefficient (Wildman–Crippen LogP) is 0.872. The van der Waals surface area contributed by atoms with E-state index in [0.29, 0.717) is 12.3 Å². The van der Waals surface area contributed by atoms with Crippen molar-refractivity contribution < 1.29 is 19.4 Å². The number of carboxylic acids is 1. The molecule has 1 aromatic rings. The van der Waals surface area contributed by atoms with Gasteiger partial charge in [-0.2, -0.15) is 0 Å². The maximum absolute atomic E-state index is 11.3. The molecule has 0 atom stereocenters. The molecule has 0 aliphatic carbocycles. The van der Waals surface area contributed by atoms with Crippen molar-refractivity contribution in [1.29, 1.82) is 0 Å². The Bertz CT molecular complexity index is 446. The molecule has 18 heavy (non-hydrogen) atoms. The minimum absolute atomic E-state index is 0.0118. The average Bonchev–Trinajstić information content (AvgIpc) is 2.33. The molecule has 4 N–H and O–H groups in total. The number of benzene rings is 1. The summed E-state index contributed by atoms with van der Waals surface area (Å²) in [7, 11) is 0. The number of nitrogens with one attached hydrogen (secondary N) is 1. The van der Waals surface area contributed by atoms with Crippen LogP contribution in [0.3, 0.4) is 0 Å². The number of amides is 1. The van der Waals surface area contributed by atoms with Crippen LogP contribution in [0.1, 0.15) is 23.7 Å². The monoisotopic (exact) mass is 252 g/mol. The largest absolute Gasteiger partial charge is 0.484 e. The van der Waals surface area contributed by atoms with Gasteiger partial charge in [-0.25, -0.2) is 4.79 Å². The molecular formula is C12H16N2O4. The number of nitrogens with two attached hydrogens (primary N) is 1. The van der Waals surface area contributed by atoms with Crippen LogP contribution in [0, 0.1) is 0 Å². The lowest BCUT2D eigenvalue weighted by Crippen LogP contribution is -2.29. The van der Waals surface area contributed by atoms with Crippen molar-refractivity contribution in [3.8, 4) is 5.75 Å². The zero-order valence-electron chi connectivity index (χ0n) is 10.1. The Morgan fingerprint density at radius 2 is 2.17 bits per heavy atom. The molecule has 0 spiro atoms. The number of hydrogen-bond donors (Lipinski definition) is 3. The van der Waals surface area contributed by atoms with Crippen LogP contribution in [0.15, 0.2) is 18.2 Å². The second-order valence-electron chi connectivity index (χ2n) is 3.69. The van der Waals surface area contributed by atoms with Crippen molar-refractivity contribution in [2.45, 2.75) is 13.3 Å². The molecule has 0 aliphatic heterocycles. The first kappa shape index (κ1) is 13.8. The third-order valence-corrected chi connectivity index (χ3v) is 2.20. The molecule has 0 aromatic heterocycles. The first-order valence-electron chi connectivity index (χ1n) is 5.57. The number of carbonyl (C=O) groups excluding carboxylic acids is 1. The Labute approximate surface area is 105 Å². The van der Waals surface area contributed by atoms with Gasteiger partial charge in [-0.05, 0) is 18.6 Å². The highest BCUT2D eigenvalue weighted by Crippen LogP contribution is 2.19. The number of anilines is 1. The van der Waals surface area contributed by atoms with E-state index < -0.39 is 5.97 Å². The van der Waals surface area contributed by atoms with Gasteiger partial charge in [-0.1, -0.05) is 6.92 Å². The standard InChI is InChI=1S/C12H16N2O4/c1-2-5-14-11(15)7-18-8-3-4-9(12(16)17)10(13)6-8/h3-4,6H,2,5,7,13H2,1H3,(H,14,15)(H,16,17). The van der Waals surface area contributed by atoms with Gasteiger partial charge in [0, 0.05) is 18.3 Å². The fourth-order valence-corrected chi connectivity index (χ4v) is 1.29. The van der Waals surface area contributed by atoms with E-state index in [1.807, 2.05) is 6.92 Å². The molecule has 0 saturated heterocycles. The smallest absolute Gasteiger partial charge is 0.337 e. The highest BCUT2D eigenvalue weighted by atomic mass is 16.5. The summed E-state index contributed by atoms with van der Waals surface area (Å²) in [6.07, 6.45) is 0.853. The van der Waals surface area contributed by atoms with Crippen molar-refractivity contribution in [2.24, 2.45) is 0 Å². The summed E-state index contributed by atoms with van der Waals surface area (Å²) in [5.74, 6) is -0.957. The third kappa shape index (κ3) is 3.97. The fourth-order valence-electron chi connectivity index (χ4n) is 1.29. The van der Waals surface area contributed by atoms with Gasteiger partial charge in [0.05, 0.1) is 5.56 Å². The molecule has 0 aliphatic rings. The molecule has 1 rings (SSSR count). The van der Waals surface area contributed by atoms with Gasteiger partial charge in [0.2, 0.25) is 0 Å². The normalized spacial score (nSPS) is 9.83. The molecule has 0 fully saturated rings. The maximum atomic E-state index is 11.3.